The van der Waals surface area contributed by atoms with Crippen molar-refractivity contribution in [1.82, 2.24) is 31.2 Å². The summed E-state index contributed by atoms with van der Waals surface area (Å²) in [6, 6.07) is 20.1. The molecule has 1 aliphatic heterocycles. The second-order valence-corrected chi connectivity index (χ2v) is 12.6. The lowest BCUT2D eigenvalue weighted by Crippen LogP contribution is -2.59. The van der Waals surface area contributed by atoms with Gasteiger partial charge >= 0.3 is 0 Å². The Hall–Kier alpha value is -4.87. The van der Waals surface area contributed by atoms with E-state index < -0.39 is 35.4 Å². The van der Waals surface area contributed by atoms with Crippen molar-refractivity contribution < 1.29 is 19.1 Å². The Bertz CT molecular complexity index is 1720. The van der Waals surface area contributed by atoms with Gasteiger partial charge in [-0.05, 0) is 80.1 Å². The highest BCUT2D eigenvalue weighted by Crippen LogP contribution is 2.36. The highest BCUT2D eigenvalue weighted by Gasteiger charge is 2.39. The van der Waals surface area contributed by atoms with Gasteiger partial charge in [-0.2, -0.15) is 0 Å². The van der Waals surface area contributed by atoms with Gasteiger partial charge in [0.1, 0.15) is 23.9 Å². The summed E-state index contributed by atoms with van der Waals surface area (Å²) in [5.74, 6) is -0.102. The first-order valence-electron chi connectivity index (χ1n) is 15.9. The Morgan fingerprint density at radius 2 is 1.72 bits per heavy atom. The Kier molecular flexibility index (Phi) is 10.5. The number of aromatic nitrogens is 2. The first-order valence-corrected chi connectivity index (χ1v) is 15.9. The number of carbonyl (C=O) groups is 3. The van der Waals surface area contributed by atoms with Crippen LogP contribution in [0.15, 0.2) is 73.1 Å². The van der Waals surface area contributed by atoms with Gasteiger partial charge in [-0.15, -0.1) is 0 Å². The summed E-state index contributed by atoms with van der Waals surface area (Å²) in [6.07, 6.45) is 3.34. The molecule has 4 aromatic rings. The lowest BCUT2D eigenvalue weighted by molar-refractivity contribution is -0.137. The van der Waals surface area contributed by atoms with Crippen molar-refractivity contribution in [2.24, 2.45) is 5.41 Å². The minimum Gasteiger partial charge on any atom is -0.496 e. The molecule has 3 aromatic carbocycles. The molecule has 0 saturated carbocycles. The molecule has 11 nitrogen and oxygen atoms in total. The van der Waals surface area contributed by atoms with Crippen LogP contribution in [0.25, 0.3) is 22.0 Å². The number of anilines is 2. The standard InChI is InChI=1S/C36H43N7O4/c1-22(37-4)33(44)42-31(35(46)43-34(45)28-12-9-17-38-28)36(2,3)20-25-18-27-29(19-30(25)47-5)39-21-40-32(27)41-26-15-13-24(14-16-26)23-10-7-6-8-11-23/h6-8,10-11,13-16,18-19,21-22,28,31,37-38H,9,12,17,20H2,1-5H3,(H,42,44)(H,39,40,41)(H,43,45,46)/t22-,28-,31+/m0/s1. The van der Waals surface area contributed by atoms with Gasteiger partial charge in [0.2, 0.25) is 17.7 Å². The highest BCUT2D eigenvalue weighted by molar-refractivity contribution is 6.02. The van der Waals surface area contributed by atoms with Crippen molar-refractivity contribution in [1.29, 1.82) is 0 Å². The zero-order chi connectivity index (χ0) is 33.6. The van der Waals surface area contributed by atoms with E-state index in [1.54, 1.807) is 21.1 Å². The summed E-state index contributed by atoms with van der Waals surface area (Å²) in [4.78, 5) is 48.6. The fourth-order valence-corrected chi connectivity index (χ4v) is 5.87. The maximum atomic E-state index is 13.7. The van der Waals surface area contributed by atoms with Crippen LogP contribution >= 0.6 is 0 Å². The van der Waals surface area contributed by atoms with Crippen molar-refractivity contribution in [2.45, 2.75) is 58.2 Å². The van der Waals surface area contributed by atoms with E-state index >= 15 is 0 Å². The van der Waals surface area contributed by atoms with Crippen LogP contribution in [0.3, 0.4) is 0 Å². The lowest BCUT2D eigenvalue weighted by Gasteiger charge is -2.35. The molecule has 47 heavy (non-hydrogen) atoms. The fourth-order valence-electron chi connectivity index (χ4n) is 5.87. The predicted molar refractivity (Wildman–Crippen MR) is 183 cm³/mol. The molecule has 3 atom stereocenters. The smallest absolute Gasteiger partial charge is 0.249 e. The van der Waals surface area contributed by atoms with Crippen LogP contribution in [-0.2, 0) is 20.8 Å². The largest absolute Gasteiger partial charge is 0.496 e. The van der Waals surface area contributed by atoms with Crippen LogP contribution in [0.2, 0.25) is 0 Å². The number of rotatable bonds is 12. The average molecular weight is 638 g/mol. The number of nitrogens with zero attached hydrogens (tertiary/aromatic N) is 2. The van der Waals surface area contributed by atoms with Crippen molar-refractivity contribution in [2.75, 3.05) is 26.0 Å². The first-order chi connectivity index (χ1) is 22.6. The number of hydrogen-bond acceptors (Lipinski definition) is 9. The number of likely N-dealkylation sites (N-methyl/N-ethyl adjacent to an activating group) is 1. The number of ether oxygens (including phenoxy) is 1. The molecule has 0 radical (unpaired) electrons. The molecule has 0 bridgehead atoms. The summed E-state index contributed by atoms with van der Waals surface area (Å²) in [6.45, 7) is 6.21. The Morgan fingerprint density at radius 1 is 1.00 bits per heavy atom. The third-order valence-electron chi connectivity index (χ3n) is 8.72. The van der Waals surface area contributed by atoms with Crippen molar-refractivity contribution >= 4 is 40.1 Å². The van der Waals surface area contributed by atoms with E-state index in [0.717, 1.165) is 40.7 Å². The molecule has 246 valence electrons. The SMILES string of the molecule is CN[C@@H](C)C(=O)N[C@H](C(=O)NC(=O)[C@@H]1CCCN1)C(C)(C)Cc1cc2c(Nc3ccc(-c4ccccc4)cc3)ncnc2cc1OC. The maximum absolute atomic E-state index is 13.7. The molecule has 1 aromatic heterocycles. The van der Waals surface area contributed by atoms with Gasteiger partial charge in [-0.25, -0.2) is 9.97 Å². The van der Waals surface area contributed by atoms with Crippen molar-refractivity contribution in [3.05, 3.63) is 78.6 Å². The monoisotopic (exact) mass is 637 g/mol. The maximum Gasteiger partial charge on any atom is 0.249 e. The molecule has 1 fully saturated rings. The van der Waals surface area contributed by atoms with E-state index in [1.807, 2.05) is 56.3 Å². The normalized spacial score (nSPS) is 15.9. The molecule has 0 spiro atoms. The van der Waals surface area contributed by atoms with Crippen LogP contribution in [-0.4, -0.2) is 66.5 Å². The minimum absolute atomic E-state index is 0.328. The van der Waals surface area contributed by atoms with Crippen molar-refractivity contribution in [3.8, 4) is 16.9 Å². The number of methoxy groups -OCH3 is 1. The van der Waals surface area contributed by atoms with E-state index in [9.17, 15) is 14.4 Å². The molecule has 11 heteroatoms. The third-order valence-corrected chi connectivity index (χ3v) is 8.72. The van der Waals surface area contributed by atoms with E-state index in [2.05, 4.69) is 60.8 Å². The predicted octanol–water partition coefficient (Wildman–Crippen LogP) is 4.11. The summed E-state index contributed by atoms with van der Waals surface area (Å²) < 4.78 is 5.78. The molecule has 0 aliphatic carbocycles. The zero-order valence-electron chi connectivity index (χ0n) is 27.5. The van der Waals surface area contributed by atoms with Crippen molar-refractivity contribution in [3.63, 3.8) is 0 Å². The van der Waals surface area contributed by atoms with Gasteiger partial charge in [0.05, 0.1) is 24.7 Å². The van der Waals surface area contributed by atoms with Gasteiger partial charge in [-0.1, -0.05) is 56.3 Å². The highest BCUT2D eigenvalue weighted by atomic mass is 16.5. The van der Waals surface area contributed by atoms with Crippen LogP contribution in [0, 0.1) is 5.41 Å². The van der Waals surface area contributed by atoms with Crippen LogP contribution in [0.5, 0.6) is 5.75 Å². The van der Waals surface area contributed by atoms with E-state index in [-0.39, 0.29) is 5.91 Å². The Morgan fingerprint density at radius 3 is 2.38 bits per heavy atom. The molecule has 1 aliphatic rings. The third kappa shape index (κ3) is 7.93. The number of benzene rings is 3. The molecule has 3 amide bonds. The van der Waals surface area contributed by atoms with Crippen LogP contribution in [0.4, 0.5) is 11.5 Å². The van der Waals surface area contributed by atoms with Crippen LogP contribution < -0.4 is 31.3 Å². The molecule has 1 saturated heterocycles. The van der Waals surface area contributed by atoms with Gasteiger partial charge < -0.3 is 26.0 Å². The fraction of sp³-hybridized carbons (Fsp3) is 0.361. The second kappa shape index (κ2) is 14.7. The zero-order valence-corrected chi connectivity index (χ0v) is 27.5. The molecule has 5 N–H and O–H groups in total. The van der Waals surface area contributed by atoms with Crippen LogP contribution in [0.1, 0.15) is 39.2 Å². The molecule has 5 rings (SSSR count). The topological polar surface area (TPSA) is 146 Å². The summed E-state index contributed by atoms with van der Waals surface area (Å²) in [5, 5.41) is 15.7. The average Bonchev–Trinajstić information content (AvgIpc) is 3.63. The van der Waals surface area contributed by atoms with Gasteiger partial charge in [0.15, 0.2) is 0 Å². The molecule has 0 unspecified atom stereocenters. The lowest BCUT2D eigenvalue weighted by atomic mass is 9.77. The number of carbonyl (C=O) groups excluding carboxylic acids is 3. The minimum atomic E-state index is -1.02. The number of nitrogens with one attached hydrogen (secondary N) is 5. The number of hydrogen-bond donors (Lipinski definition) is 5. The Labute approximate surface area is 275 Å². The Balaban J connectivity index is 1.43. The summed E-state index contributed by atoms with van der Waals surface area (Å²) in [5.41, 5.74) is 3.72. The summed E-state index contributed by atoms with van der Waals surface area (Å²) >= 11 is 0. The van der Waals surface area contributed by atoms with E-state index in [0.29, 0.717) is 29.9 Å². The first kappa shape index (κ1) is 33.5. The molecule has 2 heterocycles. The molecular weight excluding hydrogens is 594 g/mol. The quantitative estimate of drug-likeness (QED) is 0.155. The number of fused-ring (bicyclic) bond motifs is 1. The number of amides is 3. The molecular formula is C36H43N7O4. The number of imide groups is 1. The van der Waals surface area contributed by atoms with Gasteiger partial charge in [0.25, 0.3) is 0 Å². The summed E-state index contributed by atoms with van der Waals surface area (Å²) in [7, 11) is 3.26. The van der Waals surface area contributed by atoms with E-state index in [4.69, 9.17) is 4.74 Å². The van der Waals surface area contributed by atoms with Gasteiger partial charge in [-0.3, -0.25) is 19.7 Å². The van der Waals surface area contributed by atoms with E-state index in [1.165, 1.54) is 6.33 Å². The van der Waals surface area contributed by atoms with Gasteiger partial charge in [0, 0.05) is 17.1 Å². The second-order valence-electron chi connectivity index (χ2n) is 12.6.